The fourth-order valence-corrected chi connectivity index (χ4v) is 0.946. The van der Waals surface area contributed by atoms with Gasteiger partial charge in [0.05, 0.1) is 6.54 Å². The fraction of sp³-hybridized carbons (Fsp3) is 0.286. The summed E-state index contributed by atoms with van der Waals surface area (Å²) in [5.74, 6) is 5.58. The number of carbonyl (C=O) groups excluding carboxylic acids is 1. The number of likely N-dealkylation sites (N-methyl/N-ethyl adjacent to an activating group) is 1. The topological polar surface area (TPSA) is 110 Å². The van der Waals surface area contributed by atoms with Crippen molar-refractivity contribution < 1.29 is 4.79 Å². The molecule has 1 aromatic heterocycles. The van der Waals surface area contributed by atoms with E-state index >= 15 is 0 Å². The Hall–Kier alpha value is -1.89. The van der Waals surface area contributed by atoms with Gasteiger partial charge < -0.3 is 10.6 Å². The molecule has 5 N–H and O–H groups in total. The third kappa shape index (κ3) is 2.56. The monoisotopic (exact) mass is 196 g/mol. The Balaban J connectivity index is 2.78. The van der Waals surface area contributed by atoms with Gasteiger partial charge in [0, 0.05) is 13.2 Å². The van der Waals surface area contributed by atoms with Gasteiger partial charge in [-0.3, -0.25) is 10.2 Å². The van der Waals surface area contributed by atoms with E-state index in [1.165, 1.54) is 6.20 Å². The van der Waals surface area contributed by atoms with Crippen LogP contribution in [0.1, 0.15) is 0 Å². The Labute approximate surface area is 81.1 Å². The van der Waals surface area contributed by atoms with Gasteiger partial charge in [-0.2, -0.15) is 4.98 Å². The standard InChI is InChI=1S/C7H12N6O/c1-13(4-5(8)14)6-2-3-10-7(11-6)12-9/h2-3H,4,9H2,1H3,(H2,8,14)(H,10,11,12). The predicted octanol–water partition coefficient (Wildman–Crippen LogP) is -1.32. The highest BCUT2D eigenvalue weighted by Crippen LogP contribution is 2.08. The predicted molar refractivity (Wildman–Crippen MR) is 52.3 cm³/mol. The molecule has 0 aliphatic heterocycles. The number of amides is 1. The van der Waals surface area contributed by atoms with Crippen LogP contribution < -0.4 is 21.9 Å². The normalized spacial score (nSPS) is 9.57. The van der Waals surface area contributed by atoms with Crippen LogP contribution in [0.2, 0.25) is 0 Å². The maximum Gasteiger partial charge on any atom is 0.239 e. The van der Waals surface area contributed by atoms with Gasteiger partial charge in [0.25, 0.3) is 0 Å². The molecule has 0 aliphatic carbocycles. The Morgan fingerprint density at radius 1 is 1.71 bits per heavy atom. The molecular formula is C7H12N6O. The summed E-state index contributed by atoms with van der Waals surface area (Å²) in [5.41, 5.74) is 7.35. The molecule has 0 spiro atoms. The molecule has 0 unspecified atom stereocenters. The molecule has 7 nitrogen and oxygen atoms in total. The van der Waals surface area contributed by atoms with E-state index in [0.717, 1.165) is 0 Å². The van der Waals surface area contributed by atoms with Crippen molar-refractivity contribution in [2.45, 2.75) is 0 Å². The molecule has 0 saturated heterocycles. The summed E-state index contributed by atoms with van der Waals surface area (Å²) in [7, 11) is 1.70. The Bertz CT molecular complexity index is 328. The molecule has 0 fully saturated rings. The first kappa shape index (κ1) is 10.2. The van der Waals surface area contributed by atoms with E-state index < -0.39 is 5.91 Å². The quantitative estimate of drug-likeness (QED) is 0.407. The van der Waals surface area contributed by atoms with Crippen molar-refractivity contribution in [3.8, 4) is 0 Å². The van der Waals surface area contributed by atoms with Crippen LogP contribution >= 0.6 is 0 Å². The van der Waals surface area contributed by atoms with Crippen LogP contribution in [-0.4, -0.2) is 29.5 Å². The fourth-order valence-electron chi connectivity index (χ4n) is 0.946. The van der Waals surface area contributed by atoms with E-state index in [9.17, 15) is 4.79 Å². The highest BCUT2D eigenvalue weighted by Gasteiger charge is 2.05. The average Bonchev–Trinajstić information content (AvgIpc) is 2.17. The minimum absolute atomic E-state index is 0.0982. The van der Waals surface area contributed by atoms with Crippen molar-refractivity contribution in [3.05, 3.63) is 12.3 Å². The zero-order valence-electron chi connectivity index (χ0n) is 7.77. The van der Waals surface area contributed by atoms with Crippen LogP contribution in [-0.2, 0) is 4.79 Å². The minimum Gasteiger partial charge on any atom is -0.368 e. The number of rotatable bonds is 4. The molecule has 7 heteroatoms. The molecule has 1 heterocycles. The summed E-state index contributed by atoms with van der Waals surface area (Å²) >= 11 is 0. The van der Waals surface area contributed by atoms with Crippen LogP contribution in [0.25, 0.3) is 0 Å². The SMILES string of the molecule is CN(CC(N)=O)c1ccnc(NN)n1. The zero-order valence-corrected chi connectivity index (χ0v) is 7.77. The lowest BCUT2D eigenvalue weighted by Crippen LogP contribution is -2.31. The van der Waals surface area contributed by atoms with E-state index in [2.05, 4.69) is 15.4 Å². The van der Waals surface area contributed by atoms with Gasteiger partial charge in [-0.05, 0) is 6.07 Å². The summed E-state index contributed by atoms with van der Waals surface area (Å²) in [6, 6.07) is 1.66. The maximum absolute atomic E-state index is 10.6. The summed E-state index contributed by atoms with van der Waals surface area (Å²) in [6.45, 7) is 0.0982. The van der Waals surface area contributed by atoms with Crippen molar-refractivity contribution in [2.24, 2.45) is 11.6 Å². The first-order valence-corrected chi connectivity index (χ1v) is 3.92. The summed E-state index contributed by atoms with van der Waals surface area (Å²) in [6.07, 6.45) is 1.54. The van der Waals surface area contributed by atoms with E-state index in [-0.39, 0.29) is 6.54 Å². The van der Waals surface area contributed by atoms with Gasteiger partial charge in [0.15, 0.2) is 0 Å². The number of nitrogens with two attached hydrogens (primary N) is 2. The molecule has 1 amide bonds. The second kappa shape index (κ2) is 4.38. The number of nitrogens with zero attached hydrogens (tertiary/aromatic N) is 3. The van der Waals surface area contributed by atoms with Gasteiger partial charge in [0.2, 0.25) is 11.9 Å². The van der Waals surface area contributed by atoms with Gasteiger partial charge >= 0.3 is 0 Å². The third-order valence-corrected chi connectivity index (χ3v) is 1.55. The Kier molecular flexibility index (Phi) is 3.19. The van der Waals surface area contributed by atoms with Crippen molar-refractivity contribution in [1.29, 1.82) is 0 Å². The van der Waals surface area contributed by atoms with Gasteiger partial charge in [0.1, 0.15) is 5.82 Å². The average molecular weight is 196 g/mol. The molecule has 76 valence electrons. The minimum atomic E-state index is -0.423. The molecule has 1 aromatic rings. The van der Waals surface area contributed by atoms with Crippen LogP contribution in [0.15, 0.2) is 12.3 Å². The van der Waals surface area contributed by atoms with Crippen LogP contribution in [0.4, 0.5) is 11.8 Å². The van der Waals surface area contributed by atoms with Crippen LogP contribution in [0.5, 0.6) is 0 Å². The van der Waals surface area contributed by atoms with Crippen LogP contribution in [0, 0.1) is 0 Å². The molecule has 0 radical (unpaired) electrons. The second-order valence-electron chi connectivity index (χ2n) is 2.71. The number of aromatic nitrogens is 2. The number of nitrogens with one attached hydrogen (secondary N) is 1. The molecule has 0 aliphatic rings. The third-order valence-electron chi connectivity index (χ3n) is 1.55. The summed E-state index contributed by atoms with van der Waals surface area (Å²) in [4.78, 5) is 20.1. The lowest BCUT2D eigenvalue weighted by molar-refractivity contribution is -0.116. The first-order chi connectivity index (χ1) is 6.63. The lowest BCUT2D eigenvalue weighted by atomic mass is 10.5. The number of hydrogen-bond acceptors (Lipinski definition) is 6. The smallest absolute Gasteiger partial charge is 0.239 e. The molecule has 0 bridgehead atoms. The number of carbonyl (C=O) groups is 1. The number of hydrazine groups is 1. The highest BCUT2D eigenvalue weighted by atomic mass is 16.1. The van der Waals surface area contributed by atoms with Crippen molar-refractivity contribution in [3.63, 3.8) is 0 Å². The second-order valence-corrected chi connectivity index (χ2v) is 2.71. The number of anilines is 2. The van der Waals surface area contributed by atoms with Gasteiger partial charge in [-0.15, -0.1) is 0 Å². The van der Waals surface area contributed by atoms with E-state index in [4.69, 9.17) is 11.6 Å². The Morgan fingerprint density at radius 3 is 3.00 bits per heavy atom. The largest absolute Gasteiger partial charge is 0.368 e. The first-order valence-electron chi connectivity index (χ1n) is 3.92. The highest BCUT2D eigenvalue weighted by molar-refractivity contribution is 5.79. The van der Waals surface area contributed by atoms with Crippen molar-refractivity contribution >= 4 is 17.7 Å². The van der Waals surface area contributed by atoms with E-state index in [0.29, 0.717) is 11.8 Å². The molecule has 0 atom stereocenters. The lowest BCUT2D eigenvalue weighted by Gasteiger charge is -2.15. The molecular weight excluding hydrogens is 184 g/mol. The summed E-state index contributed by atoms with van der Waals surface area (Å²) < 4.78 is 0. The summed E-state index contributed by atoms with van der Waals surface area (Å²) in [5, 5.41) is 0. The Morgan fingerprint density at radius 2 is 2.43 bits per heavy atom. The molecule has 0 saturated carbocycles. The van der Waals surface area contributed by atoms with Gasteiger partial charge in [-0.25, -0.2) is 10.8 Å². The molecule has 0 aromatic carbocycles. The molecule has 14 heavy (non-hydrogen) atoms. The van der Waals surface area contributed by atoms with Gasteiger partial charge in [-0.1, -0.05) is 0 Å². The number of nitrogen functional groups attached to an aromatic ring is 1. The number of primary amides is 1. The van der Waals surface area contributed by atoms with Crippen molar-refractivity contribution in [1.82, 2.24) is 9.97 Å². The van der Waals surface area contributed by atoms with E-state index in [1.54, 1.807) is 18.0 Å². The molecule has 1 rings (SSSR count). The zero-order chi connectivity index (χ0) is 10.6. The van der Waals surface area contributed by atoms with Crippen LogP contribution in [0.3, 0.4) is 0 Å². The van der Waals surface area contributed by atoms with Crippen molar-refractivity contribution in [2.75, 3.05) is 23.9 Å². The van der Waals surface area contributed by atoms with E-state index in [1.807, 2.05) is 0 Å². The number of hydrogen-bond donors (Lipinski definition) is 3. The maximum atomic E-state index is 10.6.